The Balaban J connectivity index is 1.75. The van der Waals surface area contributed by atoms with Gasteiger partial charge in [-0.1, -0.05) is 29.8 Å². The van der Waals surface area contributed by atoms with Crippen molar-refractivity contribution in [3.8, 4) is 0 Å². The number of hydrogen-bond acceptors (Lipinski definition) is 3. The molecular weight excluding hydrogens is 328 g/mol. The highest BCUT2D eigenvalue weighted by atomic mass is 32.1. The molecule has 0 spiro atoms. The summed E-state index contributed by atoms with van der Waals surface area (Å²) in [4.78, 5) is 18.8. The van der Waals surface area contributed by atoms with Crippen molar-refractivity contribution >= 4 is 17.2 Å². The van der Waals surface area contributed by atoms with Crippen molar-refractivity contribution < 1.29 is 4.79 Å². The molecule has 1 aliphatic rings. The second-order valence-corrected chi connectivity index (χ2v) is 8.30. The molecule has 1 aromatic heterocycles. The maximum absolute atomic E-state index is 13.1. The van der Waals surface area contributed by atoms with Crippen LogP contribution >= 0.6 is 11.3 Å². The number of amides is 1. The third kappa shape index (κ3) is 4.93. The van der Waals surface area contributed by atoms with E-state index in [9.17, 15) is 4.79 Å². The van der Waals surface area contributed by atoms with Gasteiger partial charge in [0.15, 0.2) is 0 Å². The van der Waals surface area contributed by atoms with Gasteiger partial charge in [0.1, 0.15) is 0 Å². The van der Waals surface area contributed by atoms with E-state index in [0.717, 1.165) is 32.5 Å². The summed E-state index contributed by atoms with van der Waals surface area (Å²) in [6.45, 7) is 7.05. The van der Waals surface area contributed by atoms with E-state index in [1.807, 2.05) is 0 Å². The topological polar surface area (TPSA) is 23.6 Å². The predicted octanol–water partition coefficient (Wildman–Crippen LogP) is 4.03. The van der Waals surface area contributed by atoms with Crippen molar-refractivity contribution in [1.29, 1.82) is 0 Å². The van der Waals surface area contributed by atoms with E-state index >= 15 is 0 Å². The van der Waals surface area contributed by atoms with Crippen LogP contribution in [0.3, 0.4) is 0 Å². The fraction of sp³-hybridized carbons (Fsp3) is 0.476. The number of rotatable bonds is 5. The molecule has 0 atom stereocenters. The fourth-order valence-electron chi connectivity index (χ4n) is 3.45. The summed E-state index contributed by atoms with van der Waals surface area (Å²) in [6, 6.07) is 11.1. The van der Waals surface area contributed by atoms with Crippen molar-refractivity contribution in [3.63, 3.8) is 0 Å². The third-order valence-electron chi connectivity index (χ3n) is 5.03. The minimum atomic E-state index is 0.261. The quantitative estimate of drug-likeness (QED) is 0.807. The Morgan fingerprint density at radius 1 is 1.16 bits per heavy atom. The number of hydrogen-bond donors (Lipinski definition) is 0. The number of carbonyl (C=O) groups is 1. The highest BCUT2D eigenvalue weighted by Crippen LogP contribution is 2.22. The van der Waals surface area contributed by atoms with Gasteiger partial charge >= 0.3 is 0 Å². The normalized spacial score (nSPS) is 16.1. The van der Waals surface area contributed by atoms with Crippen LogP contribution in [-0.4, -0.2) is 41.9 Å². The zero-order valence-electron chi connectivity index (χ0n) is 15.5. The molecule has 0 aliphatic carbocycles. The van der Waals surface area contributed by atoms with Crippen LogP contribution in [0.4, 0.5) is 0 Å². The predicted molar refractivity (Wildman–Crippen MR) is 105 cm³/mol. The summed E-state index contributed by atoms with van der Waals surface area (Å²) in [6.07, 6.45) is 2.66. The first kappa shape index (κ1) is 18.2. The number of thiophene rings is 1. The molecular formula is C21H28N2OS. The molecule has 2 aromatic rings. The average Bonchev–Trinajstić information content (AvgIpc) is 3.00. The lowest BCUT2D eigenvalue weighted by atomic mass is 10.0. The van der Waals surface area contributed by atoms with Gasteiger partial charge in [0.25, 0.3) is 0 Å². The molecule has 3 rings (SSSR count). The molecule has 0 saturated carbocycles. The van der Waals surface area contributed by atoms with E-state index in [2.05, 4.69) is 66.4 Å². The molecule has 134 valence electrons. The number of nitrogens with zero attached hydrogens (tertiary/aromatic N) is 2. The fourth-order valence-corrected chi connectivity index (χ4v) is 4.32. The maximum atomic E-state index is 13.1. The second-order valence-electron chi connectivity index (χ2n) is 7.31. The smallest absolute Gasteiger partial charge is 0.228 e. The van der Waals surface area contributed by atoms with Crippen LogP contribution in [0.2, 0.25) is 0 Å². The molecule has 0 unspecified atom stereocenters. The zero-order valence-corrected chi connectivity index (χ0v) is 16.3. The number of aryl methyl sites for hydroxylation is 2. The van der Waals surface area contributed by atoms with E-state index in [1.165, 1.54) is 21.6 Å². The maximum Gasteiger partial charge on any atom is 0.228 e. The molecule has 2 heterocycles. The van der Waals surface area contributed by atoms with E-state index < -0.39 is 0 Å². The lowest BCUT2D eigenvalue weighted by Crippen LogP contribution is -2.46. The van der Waals surface area contributed by atoms with E-state index in [0.29, 0.717) is 12.5 Å². The molecule has 3 nitrogen and oxygen atoms in total. The van der Waals surface area contributed by atoms with Gasteiger partial charge in [-0.05, 0) is 69.4 Å². The molecule has 1 amide bonds. The first-order chi connectivity index (χ1) is 12.0. The molecule has 0 N–H and O–H groups in total. The van der Waals surface area contributed by atoms with Crippen molar-refractivity contribution in [2.75, 3.05) is 20.1 Å². The monoisotopic (exact) mass is 356 g/mol. The summed E-state index contributed by atoms with van der Waals surface area (Å²) < 4.78 is 0. The molecule has 0 bridgehead atoms. The van der Waals surface area contributed by atoms with Crippen LogP contribution in [0.5, 0.6) is 0 Å². The van der Waals surface area contributed by atoms with Crippen molar-refractivity contribution in [2.45, 2.75) is 45.7 Å². The SMILES string of the molecule is Cc1ccc(CN(C(=O)Cc2cc(C)cs2)C2CCN(C)CC2)cc1. The zero-order chi connectivity index (χ0) is 17.8. The Morgan fingerprint density at radius 2 is 1.84 bits per heavy atom. The van der Waals surface area contributed by atoms with Gasteiger partial charge in [-0.25, -0.2) is 0 Å². The summed E-state index contributed by atoms with van der Waals surface area (Å²) in [7, 11) is 2.16. The van der Waals surface area contributed by atoms with Gasteiger partial charge in [0.2, 0.25) is 5.91 Å². The Morgan fingerprint density at radius 3 is 2.44 bits per heavy atom. The minimum Gasteiger partial charge on any atom is -0.335 e. The van der Waals surface area contributed by atoms with Gasteiger partial charge in [-0.15, -0.1) is 11.3 Å². The Labute approximate surface area is 155 Å². The molecule has 1 aromatic carbocycles. The minimum absolute atomic E-state index is 0.261. The summed E-state index contributed by atoms with van der Waals surface area (Å²) >= 11 is 1.69. The lowest BCUT2D eigenvalue weighted by Gasteiger charge is -2.37. The Bertz CT molecular complexity index is 699. The van der Waals surface area contributed by atoms with Crippen LogP contribution in [0.1, 0.15) is 34.4 Å². The summed E-state index contributed by atoms with van der Waals surface area (Å²) in [5.41, 5.74) is 3.73. The summed E-state index contributed by atoms with van der Waals surface area (Å²) in [5, 5.41) is 2.13. The van der Waals surface area contributed by atoms with Crippen LogP contribution in [0.25, 0.3) is 0 Å². The Kier molecular flexibility index (Phi) is 5.92. The van der Waals surface area contributed by atoms with Crippen molar-refractivity contribution in [1.82, 2.24) is 9.80 Å². The number of benzene rings is 1. The standard InChI is InChI=1S/C21H28N2OS/c1-16-4-6-18(7-5-16)14-23(19-8-10-22(3)11-9-19)21(24)13-20-12-17(2)15-25-20/h4-7,12,15,19H,8-11,13-14H2,1-3H3. The highest BCUT2D eigenvalue weighted by Gasteiger charge is 2.27. The summed E-state index contributed by atoms with van der Waals surface area (Å²) in [5.74, 6) is 0.261. The average molecular weight is 357 g/mol. The van der Waals surface area contributed by atoms with Gasteiger partial charge in [0, 0.05) is 17.5 Å². The van der Waals surface area contributed by atoms with E-state index in [1.54, 1.807) is 11.3 Å². The largest absolute Gasteiger partial charge is 0.335 e. The van der Waals surface area contributed by atoms with E-state index in [-0.39, 0.29) is 5.91 Å². The molecule has 25 heavy (non-hydrogen) atoms. The van der Waals surface area contributed by atoms with Gasteiger partial charge < -0.3 is 9.80 Å². The van der Waals surface area contributed by atoms with Crippen LogP contribution in [-0.2, 0) is 17.8 Å². The third-order valence-corrected chi connectivity index (χ3v) is 6.09. The van der Waals surface area contributed by atoms with Crippen LogP contribution in [0.15, 0.2) is 35.7 Å². The van der Waals surface area contributed by atoms with Gasteiger partial charge in [0.05, 0.1) is 6.42 Å². The number of piperidine rings is 1. The van der Waals surface area contributed by atoms with Gasteiger partial charge in [-0.2, -0.15) is 0 Å². The molecule has 0 radical (unpaired) electrons. The van der Waals surface area contributed by atoms with Crippen molar-refractivity contribution in [3.05, 3.63) is 57.3 Å². The van der Waals surface area contributed by atoms with Crippen LogP contribution in [0, 0.1) is 13.8 Å². The number of likely N-dealkylation sites (tertiary alicyclic amines) is 1. The molecule has 1 fully saturated rings. The molecule has 4 heteroatoms. The highest BCUT2D eigenvalue weighted by molar-refractivity contribution is 7.10. The van der Waals surface area contributed by atoms with Crippen molar-refractivity contribution in [2.24, 2.45) is 0 Å². The van der Waals surface area contributed by atoms with Crippen LogP contribution < -0.4 is 0 Å². The van der Waals surface area contributed by atoms with E-state index in [4.69, 9.17) is 0 Å². The lowest BCUT2D eigenvalue weighted by molar-refractivity contribution is -0.134. The first-order valence-electron chi connectivity index (χ1n) is 9.09. The van der Waals surface area contributed by atoms with Gasteiger partial charge in [-0.3, -0.25) is 4.79 Å². The molecule has 1 saturated heterocycles. The Hall–Kier alpha value is -1.65. The second kappa shape index (κ2) is 8.15. The molecule has 1 aliphatic heterocycles. The first-order valence-corrected chi connectivity index (χ1v) is 9.97. The number of carbonyl (C=O) groups excluding carboxylic acids is 1.